The van der Waals surface area contributed by atoms with E-state index in [1.807, 2.05) is 30.3 Å². The molecule has 3 aromatic carbocycles. The van der Waals surface area contributed by atoms with Crippen molar-refractivity contribution in [3.8, 4) is 22.6 Å². The first kappa shape index (κ1) is 25.5. The monoisotopic (exact) mass is 485 g/mol. The van der Waals surface area contributed by atoms with Crippen LogP contribution in [0.3, 0.4) is 0 Å². The molecule has 4 aromatic rings. The van der Waals surface area contributed by atoms with Crippen LogP contribution in [0.4, 0.5) is 0 Å². The number of fused-ring (bicyclic) bond motifs is 1. The predicted molar refractivity (Wildman–Crippen MR) is 144 cm³/mol. The number of ether oxygens (including phenoxy) is 2. The van der Waals surface area contributed by atoms with E-state index < -0.39 is 0 Å². The second-order valence-corrected chi connectivity index (χ2v) is 10.9. The number of ketones is 1. The van der Waals surface area contributed by atoms with Gasteiger partial charge in [0.1, 0.15) is 11.5 Å². The van der Waals surface area contributed by atoms with E-state index in [0.717, 1.165) is 33.2 Å². The lowest BCUT2D eigenvalue weighted by molar-refractivity contribution is -0.117. The Morgan fingerprint density at radius 2 is 1.39 bits per heavy atom. The fraction of sp³-hybridized carbons (Fsp3) is 0.355. The summed E-state index contributed by atoms with van der Waals surface area (Å²) in [6, 6.07) is 20.4. The Morgan fingerprint density at radius 1 is 0.778 bits per heavy atom. The molecule has 5 heteroatoms. The SMILES string of the molecule is COc1cc2ccc(-c3ccc(CC(=O)Cc4cc(C(C)(C)C(C)(C)C)on4)cc3)cc2cc1OC. The molecule has 0 aliphatic heterocycles. The molecule has 0 unspecified atom stereocenters. The lowest BCUT2D eigenvalue weighted by Gasteiger charge is -2.36. The molecule has 188 valence electrons. The average Bonchev–Trinajstić information content (AvgIpc) is 3.31. The largest absolute Gasteiger partial charge is 0.493 e. The number of rotatable bonds is 8. The molecule has 0 aliphatic carbocycles. The highest BCUT2D eigenvalue weighted by atomic mass is 16.5. The second kappa shape index (κ2) is 9.81. The van der Waals surface area contributed by atoms with E-state index in [4.69, 9.17) is 14.0 Å². The molecule has 1 aromatic heterocycles. The van der Waals surface area contributed by atoms with E-state index in [1.165, 1.54) is 0 Å². The highest BCUT2D eigenvalue weighted by Crippen LogP contribution is 2.41. The summed E-state index contributed by atoms with van der Waals surface area (Å²) in [7, 11) is 3.28. The molecule has 36 heavy (non-hydrogen) atoms. The zero-order chi connectivity index (χ0) is 26.1. The van der Waals surface area contributed by atoms with Crippen LogP contribution in [0, 0.1) is 5.41 Å². The van der Waals surface area contributed by atoms with Crippen molar-refractivity contribution in [3.05, 3.63) is 77.7 Å². The van der Waals surface area contributed by atoms with Gasteiger partial charge in [-0.1, -0.05) is 76.2 Å². The van der Waals surface area contributed by atoms with Gasteiger partial charge in [0.25, 0.3) is 0 Å². The van der Waals surface area contributed by atoms with E-state index in [-0.39, 0.29) is 23.0 Å². The summed E-state index contributed by atoms with van der Waals surface area (Å²) >= 11 is 0. The van der Waals surface area contributed by atoms with Crippen LogP contribution in [-0.4, -0.2) is 25.2 Å². The minimum Gasteiger partial charge on any atom is -0.493 e. The van der Waals surface area contributed by atoms with Crippen LogP contribution in [0.5, 0.6) is 11.5 Å². The fourth-order valence-electron chi connectivity index (χ4n) is 4.12. The Labute approximate surface area is 213 Å². The highest BCUT2D eigenvalue weighted by molar-refractivity contribution is 5.90. The van der Waals surface area contributed by atoms with Crippen LogP contribution in [0.2, 0.25) is 0 Å². The summed E-state index contributed by atoms with van der Waals surface area (Å²) in [6.45, 7) is 10.8. The van der Waals surface area contributed by atoms with E-state index in [9.17, 15) is 4.79 Å². The standard InChI is InChI=1S/C31H35NO4/c1-30(2,3)31(4,5)29-19-25(32-36-29)18-26(33)14-20-8-10-21(11-9-20)22-12-13-23-16-27(34-6)28(35-7)17-24(23)15-22/h8-13,15-17,19H,14,18H2,1-7H3. The zero-order valence-electron chi connectivity index (χ0n) is 22.3. The summed E-state index contributed by atoms with van der Waals surface area (Å²) in [5.74, 6) is 2.35. The molecular weight excluding hydrogens is 450 g/mol. The van der Waals surface area contributed by atoms with Crippen molar-refractivity contribution in [3.63, 3.8) is 0 Å². The summed E-state index contributed by atoms with van der Waals surface area (Å²) in [6.07, 6.45) is 0.626. The molecule has 0 atom stereocenters. The quantitative estimate of drug-likeness (QED) is 0.264. The molecule has 1 heterocycles. The normalized spacial score (nSPS) is 12.1. The van der Waals surface area contributed by atoms with Crippen molar-refractivity contribution >= 4 is 16.6 Å². The summed E-state index contributed by atoms with van der Waals surface area (Å²) in [4.78, 5) is 12.7. The van der Waals surface area contributed by atoms with E-state index >= 15 is 0 Å². The van der Waals surface area contributed by atoms with Crippen LogP contribution < -0.4 is 9.47 Å². The lowest BCUT2D eigenvalue weighted by Crippen LogP contribution is -2.33. The van der Waals surface area contributed by atoms with Gasteiger partial charge in [-0.2, -0.15) is 0 Å². The van der Waals surface area contributed by atoms with E-state index in [0.29, 0.717) is 23.6 Å². The number of carbonyl (C=O) groups is 1. The number of carbonyl (C=O) groups excluding carboxylic acids is 1. The Hall–Kier alpha value is -3.60. The lowest BCUT2D eigenvalue weighted by atomic mass is 9.68. The topological polar surface area (TPSA) is 61.6 Å². The molecule has 0 saturated carbocycles. The van der Waals surface area contributed by atoms with E-state index in [1.54, 1.807) is 14.2 Å². The molecule has 0 spiro atoms. The van der Waals surface area contributed by atoms with Gasteiger partial charge in [-0.15, -0.1) is 0 Å². The maximum atomic E-state index is 12.7. The molecule has 0 saturated heterocycles. The fourth-order valence-corrected chi connectivity index (χ4v) is 4.12. The van der Waals surface area contributed by atoms with Crippen LogP contribution in [0.15, 0.2) is 65.2 Å². The van der Waals surface area contributed by atoms with Crippen LogP contribution in [0.25, 0.3) is 21.9 Å². The average molecular weight is 486 g/mol. The zero-order valence-corrected chi connectivity index (χ0v) is 22.3. The molecule has 0 bridgehead atoms. The molecule has 0 radical (unpaired) electrons. The molecule has 0 amide bonds. The smallest absolute Gasteiger partial charge is 0.161 e. The van der Waals surface area contributed by atoms with Gasteiger partial charge in [0.15, 0.2) is 11.5 Å². The van der Waals surface area contributed by atoms with Gasteiger partial charge in [-0.05, 0) is 51.1 Å². The molecular formula is C31H35NO4. The van der Waals surface area contributed by atoms with Crippen molar-refractivity contribution in [2.24, 2.45) is 5.41 Å². The van der Waals surface area contributed by atoms with Crippen molar-refractivity contribution in [2.45, 2.75) is 52.9 Å². The maximum absolute atomic E-state index is 12.7. The Balaban J connectivity index is 1.45. The number of nitrogens with zero attached hydrogens (tertiary/aromatic N) is 1. The molecule has 0 aliphatic rings. The first-order valence-corrected chi connectivity index (χ1v) is 12.2. The summed E-state index contributed by atoms with van der Waals surface area (Å²) < 4.78 is 16.5. The van der Waals surface area contributed by atoms with Crippen LogP contribution in [-0.2, 0) is 23.1 Å². The van der Waals surface area contributed by atoms with Gasteiger partial charge in [0.2, 0.25) is 0 Å². The van der Waals surface area contributed by atoms with Gasteiger partial charge in [0, 0.05) is 17.9 Å². The first-order valence-electron chi connectivity index (χ1n) is 12.2. The van der Waals surface area contributed by atoms with Gasteiger partial charge in [-0.25, -0.2) is 0 Å². The number of aromatic nitrogens is 1. The second-order valence-electron chi connectivity index (χ2n) is 10.9. The van der Waals surface area contributed by atoms with Gasteiger partial charge in [-0.3, -0.25) is 4.79 Å². The molecule has 0 fully saturated rings. The summed E-state index contributed by atoms with van der Waals surface area (Å²) in [5.41, 5.74) is 3.69. The third kappa shape index (κ3) is 5.15. The predicted octanol–water partition coefficient (Wildman–Crippen LogP) is 7.19. The number of Topliss-reactive ketones (excluding diaryl/α,β-unsaturated/α-hetero) is 1. The maximum Gasteiger partial charge on any atom is 0.161 e. The van der Waals surface area contributed by atoms with Gasteiger partial charge < -0.3 is 14.0 Å². The Morgan fingerprint density at radius 3 is 2.00 bits per heavy atom. The number of methoxy groups -OCH3 is 2. The summed E-state index contributed by atoms with van der Waals surface area (Å²) in [5, 5.41) is 6.33. The number of hydrogen-bond acceptors (Lipinski definition) is 5. The first-order chi connectivity index (χ1) is 17.0. The van der Waals surface area contributed by atoms with Crippen LogP contribution >= 0.6 is 0 Å². The van der Waals surface area contributed by atoms with Crippen LogP contribution in [0.1, 0.15) is 51.6 Å². The van der Waals surface area contributed by atoms with E-state index in [2.05, 4.69) is 70.1 Å². The van der Waals surface area contributed by atoms with Gasteiger partial charge >= 0.3 is 0 Å². The molecule has 4 rings (SSSR count). The van der Waals surface area contributed by atoms with Crippen molar-refractivity contribution in [1.82, 2.24) is 5.16 Å². The minimum absolute atomic E-state index is 0.0134. The highest BCUT2D eigenvalue weighted by Gasteiger charge is 2.38. The Bertz CT molecular complexity index is 1370. The third-order valence-corrected chi connectivity index (χ3v) is 7.46. The van der Waals surface area contributed by atoms with Crippen molar-refractivity contribution in [1.29, 1.82) is 0 Å². The van der Waals surface area contributed by atoms with Crippen molar-refractivity contribution in [2.75, 3.05) is 14.2 Å². The molecule has 5 nitrogen and oxygen atoms in total. The molecule has 0 N–H and O–H groups in total. The van der Waals surface area contributed by atoms with Gasteiger partial charge in [0.05, 0.1) is 26.3 Å². The minimum atomic E-state index is -0.183. The third-order valence-electron chi connectivity index (χ3n) is 7.46. The number of benzene rings is 3. The number of hydrogen-bond donors (Lipinski definition) is 0. The van der Waals surface area contributed by atoms with Crippen molar-refractivity contribution < 1.29 is 18.8 Å². The Kier molecular flexibility index (Phi) is 6.94.